The number of piperidine rings is 1. The molecule has 0 aliphatic carbocycles. The summed E-state index contributed by atoms with van der Waals surface area (Å²) >= 11 is 0. The van der Waals surface area contributed by atoms with E-state index in [1.165, 1.54) is 29.7 Å². The highest BCUT2D eigenvalue weighted by Gasteiger charge is 2.52. The fraction of sp³-hybridized carbons (Fsp3) is 0.350. The predicted molar refractivity (Wildman–Crippen MR) is 105 cm³/mol. The number of nitrogens with one attached hydrogen (secondary N) is 2. The number of hydrogen-bond donors (Lipinski definition) is 4. The van der Waals surface area contributed by atoms with Gasteiger partial charge in [-0.2, -0.15) is 0 Å². The summed E-state index contributed by atoms with van der Waals surface area (Å²) in [7, 11) is -4.03. The molecule has 3 rings (SSSR count). The second kappa shape index (κ2) is 8.50. The number of hydrogen-bond acceptors (Lipinski definition) is 7. The largest absolute Gasteiger partial charge is 0.489 e. The summed E-state index contributed by atoms with van der Waals surface area (Å²) in [5.74, 6) is -0.658. The molecule has 1 heterocycles. The zero-order valence-electron chi connectivity index (χ0n) is 16.0. The molecule has 1 amide bonds. The van der Waals surface area contributed by atoms with E-state index in [-0.39, 0.29) is 17.9 Å². The van der Waals surface area contributed by atoms with Crippen molar-refractivity contribution in [3.63, 3.8) is 0 Å². The van der Waals surface area contributed by atoms with Gasteiger partial charge in [-0.1, -0.05) is 29.8 Å². The maximum atomic E-state index is 13.1. The molecule has 0 saturated carbocycles. The summed E-state index contributed by atoms with van der Waals surface area (Å²) in [6.45, 7) is 2.39. The van der Waals surface area contributed by atoms with Gasteiger partial charge in [-0.05, 0) is 49.7 Å². The minimum Gasteiger partial charge on any atom is -0.489 e. The van der Waals surface area contributed by atoms with Gasteiger partial charge in [-0.3, -0.25) is 10.0 Å². The van der Waals surface area contributed by atoms with Gasteiger partial charge in [0, 0.05) is 6.54 Å². The lowest BCUT2D eigenvalue weighted by atomic mass is 9.93. The van der Waals surface area contributed by atoms with Gasteiger partial charge < -0.3 is 15.2 Å². The van der Waals surface area contributed by atoms with Crippen LogP contribution in [-0.2, 0) is 21.2 Å². The van der Waals surface area contributed by atoms with Crippen LogP contribution in [0.1, 0.15) is 17.5 Å². The molecule has 1 aliphatic rings. The van der Waals surface area contributed by atoms with Crippen LogP contribution in [0.5, 0.6) is 5.75 Å². The Morgan fingerprint density at radius 2 is 1.86 bits per heavy atom. The number of sulfone groups is 1. The predicted octanol–water partition coefficient (Wildman–Crippen LogP) is 0.946. The van der Waals surface area contributed by atoms with Crippen LogP contribution in [0.15, 0.2) is 53.4 Å². The van der Waals surface area contributed by atoms with E-state index in [4.69, 9.17) is 9.94 Å². The second-order valence-corrected chi connectivity index (χ2v) is 9.24. The average Bonchev–Trinajstić information content (AvgIpc) is 2.73. The maximum absolute atomic E-state index is 13.1. The van der Waals surface area contributed by atoms with Gasteiger partial charge in [-0.15, -0.1) is 0 Å². The molecular weight excluding hydrogens is 396 g/mol. The van der Waals surface area contributed by atoms with E-state index in [1.807, 2.05) is 31.2 Å². The van der Waals surface area contributed by atoms with Crippen molar-refractivity contribution in [1.82, 2.24) is 10.8 Å². The SMILES string of the molecule is Cc1ccc(COc2ccc(S(=O)(=O)C3CCNCC3(O)C(=O)NO)cc2)cc1. The maximum Gasteiger partial charge on any atom is 0.277 e. The smallest absolute Gasteiger partial charge is 0.277 e. The standard InChI is InChI=1S/C20H24N2O6S/c1-14-2-4-15(5-3-14)12-28-16-6-8-17(9-7-16)29(26,27)18-10-11-21-13-20(18,24)19(23)22-25/h2-9,18,21,24-25H,10-13H2,1H3,(H,22,23). The Morgan fingerprint density at radius 1 is 1.21 bits per heavy atom. The molecule has 1 saturated heterocycles. The van der Waals surface area contributed by atoms with Gasteiger partial charge in [0.15, 0.2) is 15.4 Å². The monoisotopic (exact) mass is 420 g/mol. The van der Waals surface area contributed by atoms with E-state index in [0.29, 0.717) is 18.9 Å². The van der Waals surface area contributed by atoms with E-state index < -0.39 is 26.6 Å². The lowest BCUT2D eigenvalue weighted by Crippen LogP contribution is -2.65. The van der Waals surface area contributed by atoms with Crippen molar-refractivity contribution in [3.05, 3.63) is 59.7 Å². The van der Waals surface area contributed by atoms with Crippen molar-refractivity contribution >= 4 is 15.7 Å². The van der Waals surface area contributed by atoms with Crippen molar-refractivity contribution in [3.8, 4) is 5.75 Å². The van der Waals surface area contributed by atoms with E-state index >= 15 is 0 Å². The Morgan fingerprint density at radius 3 is 2.48 bits per heavy atom. The number of ether oxygens (including phenoxy) is 1. The number of amides is 1. The normalized spacial score (nSPS) is 22.1. The number of aryl methyl sites for hydroxylation is 1. The molecular formula is C20H24N2O6S. The first-order valence-electron chi connectivity index (χ1n) is 9.17. The molecule has 8 nitrogen and oxygen atoms in total. The number of rotatable bonds is 6. The first-order valence-corrected chi connectivity index (χ1v) is 10.7. The summed E-state index contributed by atoms with van der Waals surface area (Å²) in [4.78, 5) is 11.9. The molecule has 0 radical (unpaired) electrons. The minimum atomic E-state index is -4.03. The molecule has 2 unspecified atom stereocenters. The van der Waals surface area contributed by atoms with Crippen molar-refractivity contribution < 1.29 is 28.3 Å². The van der Waals surface area contributed by atoms with Crippen LogP contribution in [0.25, 0.3) is 0 Å². The number of β-amino-alcohol motifs (C(OH)–C–C–N with tert-alkyl or cyclic N) is 1. The Balaban J connectivity index is 1.76. The lowest BCUT2D eigenvalue weighted by Gasteiger charge is -2.37. The molecule has 1 aliphatic heterocycles. The van der Waals surface area contributed by atoms with Crippen LogP contribution >= 0.6 is 0 Å². The van der Waals surface area contributed by atoms with Crippen LogP contribution in [0.3, 0.4) is 0 Å². The molecule has 0 spiro atoms. The zero-order valence-corrected chi connectivity index (χ0v) is 16.8. The van der Waals surface area contributed by atoms with Gasteiger partial charge >= 0.3 is 0 Å². The Labute approximate surface area is 169 Å². The van der Waals surface area contributed by atoms with Crippen molar-refractivity contribution in [2.24, 2.45) is 0 Å². The number of aliphatic hydroxyl groups is 1. The third-order valence-electron chi connectivity index (χ3n) is 5.06. The fourth-order valence-electron chi connectivity index (χ4n) is 3.34. The molecule has 2 atom stereocenters. The number of benzene rings is 2. The molecule has 0 aromatic heterocycles. The molecule has 156 valence electrons. The number of carbonyl (C=O) groups is 1. The summed E-state index contributed by atoms with van der Waals surface area (Å²) in [5.41, 5.74) is 1.23. The van der Waals surface area contributed by atoms with E-state index in [2.05, 4.69) is 5.32 Å². The van der Waals surface area contributed by atoms with Gasteiger partial charge in [0.05, 0.1) is 4.90 Å². The van der Waals surface area contributed by atoms with Gasteiger partial charge in [0.25, 0.3) is 5.91 Å². The molecule has 1 fully saturated rings. The first kappa shape index (κ1) is 21.3. The molecule has 29 heavy (non-hydrogen) atoms. The van der Waals surface area contributed by atoms with Crippen LogP contribution in [0, 0.1) is 6.92 Å². The van der Waals surface area contributed by atoms with E-state index in [9.17, 15) is 18.3 Å². The third kappa shape index (κ3) is 4.43. The van der Waals surface area contributed by atoms with Crippen LogP contribution in [0.4, 0.5) is 0 Å². The van der Waals surface area contributed by atoms with Crippen molar-refractivity contribution in [2.45, 2.75) is 35.7 Å². The molecule has 0 bridgehead atoms. The molecule has 2 aromatic carbocycles. The number of hydroxylamine groups is 1. The molecule has 4 N–H and O–H groups in total. The highest BCUT2D eigenvalue weighted by molar-refractivity contribution is 7.92. The van der Waals surface area contributed by atoms with Crippen LogP contribution in [-0.4, -0.2) is 48.6 Å². The van der Waals surface area contributed by atoms with Gasteiger partial charge in [0.1, 0.15) is 17.6 Å². The van der Waals surface area contributed by atoms with Crippen LogP contribution in [0.2, 0.25) is 0 Å². The average molecular weight is 420 g/mol. The van der Waals surface area contributed by atoms with Crippen molar-refractivity contribution in [1.29, 1.82) is 0 Å². The van der Waals surface area contributed by atoms with Crippen molar-refractivity contribution in [2.75, 3.05) is 13.1 Å². The van der Waals surface area contributed by atoms with Crippen LogP contribution < -0.4 is 15.5 Å². The van der Waals surface area contributed by atoms with Gasteiger partial charge in [0.2, 0.25) is 0 Å². The zero-order chi connectivity index (χ0) is 21.1. The molecule has 2 aromatic rings. The summed E-state index contributed by atoms with van der Waals surface area (Å²) in [6, 6.07) is 13.7. The first-order chi connectivity index (χ1) is 13.8. The van der Waals surface area contributed by atoms with E-state index in [0.717, 1.165) is 11.1 Å². The third-order valence-corrected chi connectivity index (χ3v) is 7.36. The summed E-state index contributed by atoms with van der Waals surface area (Å²) in [6.07, 6.45) is 0.0257. The number of carbonyl (C=O) groups excluding carboxylic acids is 1. The second-order valence-electron chi connectivity index (χ2n) is 7.11. The Kier molecular flexibility index (Phi) is 6.23. The quantitative estimate of drug-likeness (QED) is 0.405. The summed E-state index contributed by atoms with van der Waals surface area (Å²) < 4.78 is 31.8. The van der Waals surface area contributed by atoms with E-state index in [1.54, 1.807) is 0 Å². The molecule has 9 heteroatoms. The highest BCUT2D eigenvalue weighted by Crippen LogP contribution is 2.30. The Bertz CT molecular complexity index is 959. The fourth-order valence-corrected chi connectivity index (χ4v) is 5.32. The summed E-state index contributed by atoms with van der Waals surface area (Å²) in [5, 5.41) is 21.0. The lowest BCUT2D eigenvalue weighted by molar-refractivity contribution is -0.149. The van der Waals surface area contributed by atoms with Gasteiger partial charge in [-0.25, -0.2) is 13.9 Å². The minimum absolute atomic E-state index is 0.0257. The Hall–Kier alpha value is -2.46. The highest BCUT2D eigenvalue weighted by atomic mass is 32.2. The topological polar surface area (TPSA) is 125 Å².